The summed E-state index contributed by atoms with van der Waals surface area (Å²) in [5, 5.41) is 3.87. The molecule has 3 N–H and O–H groups in total. The van der Waals surface area contributed by atoms with Crippen LogP contribution < -0.4 is 15.8 Å². The van der Waals surface area contributed by atoms with Crippen LogP contribution in [-0.4, -0.2) is 50.3 Å². The molecule has 0 atom stereocenters. The summed E-state index contributed by atoms with van der Waals surface area (Å²) >= 11 is 1.46. The molecule has 4 rings (SSSR count). The first-order valence-electron chi connectivity index (χ1n) is 9.31. The van der Waals surface area contributed by atoms with Crippen molar-refractivity contribution >= 4 is 38.7 Å². The minimum absolute atomic E-state index is 0.158. The number of amides is 1. The maximum atomic E-state index is 12.6. The highest BCUT2D eigenvalue weighted by molar-refractivity contribution is 7.20. The van der Waals surface area contributed by atoms with Crippen LogP contribution in [0.1, 0.15) is 9.67 Å². The van der Waals surface area contributed by atoms with E-state index in [0.717, 1.165) is 48.7 Å². The Morgan fingerprint density at radius 2 is 2.00 bits per heavy atom. The van der Waals surface area contributed by atoms with E-state index in [1.165, 1.54) is 11.3 Å². The predicted molar refractivity (Wildman–Crippen MR) is 113 cm³/mol. The van der Waals surface area contributed by atoms with Gasteiger partial charge in [0.25, 0.3) is 5.91 Å². The van der Waals surface area contributed by atoms with Gasteiger partial charge >= 0.3 is 0 Å². The van der Waals surface area contributed by atoms with E-state index in [-0.39, 0.29) is 5.91 Å². The van der Waals surface area contributed by atoms with Crippen LogP contribution in [0.25, 0.3) is 10.1 Å². The minimum atomic E-state index is -0.158. The summed E-state index contributed by atoms with van der Waals surface area (Å²) in [4.78, 5) is 15.5. The average molecular weight is 398 g/mol. The zero-order valence-corrected chi connectivity index (χ0v) is 16.3. The number of fused-ring (bicyclic) bond motifs is 1. The summed E-state index contributed by atoms with van der Waals surface area (Å²) < 4.78 is 12.3. The Morgan fingerprint density at radius 3 is 2.82 bits per heavy atom. The average Bonchev–Trinajstić information content (AvgIpc) is 3.14. The minimum Gasteiger partial charge on any atom is -0.492 e. The Hall–Kier alpha value is -2.61. The maximum absolute atomic E-state index is 12.6. The van der Waals surface area contributed by atoms with Gasteiger partial charge in [0.2, 0.25) is 0 Å². The van der Waals surface area contributed by atoms with Crippen LogP contribution in [0.2, 0.25) is 0 Å². The smallest absolute Gasteiger partial charge is 0.265 e. The molecular formula is C21H23N3O3S. The van der Waals surface area contributed by atoms with E-state index in [2.05, 4.69) is 10.2 Å². The Balaban J connectivity index is 1.39. The number of nitrogens with zero attached hydrogens (tertiary/aromatic N) is 1. The molecular weight excluding hydrogens is 374 g/mol. The molecule has 0 unspecified atom stereocenters. The van der Waals surface area contributed by atoms with Crippen molar-refractivity contribution in [1.29, 1.82) is 0 Å². The van der Waals surface area contributed by atoms with Crippen molar-refractivity contribution in [2.24, 2.45) is 0 Å². The normalized spacial score (nSPS) is 14.9. The molecule has 0 aliphatic carbocycles. The second-order valence-corrected chi connectivity index (χ2v) is 7.74. The Morgan fingerprint density at radius 1 is 1.18 bits per heavy atom. The number of nitrogen functional groups attached to an aromatic ring is 1. The van der Waals surface area contributed by atoms with Crippen molar-refractivity contribution in [2.45, 2.75) is 0 Å². The molecule has 0 bridgehead atoms. The molecule has 0 radical (unpaired) electrons. The standard InChI is InChI=1S/C21H23N3O3S/c22-17-3-1-2-4-18(17)23-21(25)20-14-15-13-16(5-6-19(15)28-20)27-12-9-24-7-10-26-11-8-24/h1-6,13-14H,7-12,22H2,(H,23,25). The Labute approximate surface area is 167 Å². The molecule has 1 aliphatic rings. The van der Waals surface area contributed by atoms with Crippen molar-refractivity contribution < 1.29 is 14.3 Å². The number of carbonyl (C=O) groups excluding carboxylic acids is 1. The topological polar surface area (TPSA) is 76.8 Å². The van der Waals surface area contributed by atoms with Gasteiger partial charge in [-0.3, -0.25) is 9.69 Å². The van der Waals surface area contributed by atoms with Gasteiger partial charge in [0.1, 0.15) is 12.4 Å². The molecule has 1 aliphatic heterocycles. The fourth-order valence-corrected chi connectivity index (χ4v) is 4.07. The number of morpholine rings is 1. The fraction of sp³-hybridized carbons (Fsp3) is 0.286. The number of ether oxygens (including phenoxy) is 2. The molecule has 6 nitrogen and oxygen atoms in total. The maximum Gasteiger partial charge on any atom is 0.265 e. The lowest BCUT2D eigenvalue weighted by atomic mass is 10.2. The molecule has 28 heavy (non-hydrogen) atoms. The first kappa shape index (κ1) is 18.7. The molecule has 2 aromatic carbocycles. The molecule has 1 saturated heterocycles. The molecule has 7 heteroatoms. The lowest BCUT2D eigenvalue weighted by molar-refractivity contribution is 0.0322. The zero-order valence-electron chi connectivity index (χ0n) is 15.5. The predicted octanol–water partition coefficient (Wildman–Crippen LogP) is 3.45. The molecule has 1 fully saturated rings. The quantitative estimate of drug-likeness (QED) is 0.623. The van der Waals surface area contributed by atoms with Crippen LogP contribution in [0.4, 0.5) is 11.4 Å². The SMILES string of the molecule is Nc1ccccc1NC(=O)c1cc2cc(OCCN3CCOCC3)ccc2s1. The molecule has 2 heterocycles. The van der Waals surface area contributed by atoms with Crippen LogP contribution in [0, 0.1) is 0 Å². The first-order chi connectivity index (χ1) is 13.7. The first-order valence-corrected chi connectivity index (χ1v) is 10.1. The molecule has 0 saturated carbocycles. The summed E-state index contributed by atoms with van der Waals surface area (Å²) in [5.74, 6) is 0.659. The van der Waals surface area contributed by atoms with Crippen LogP contribution in [-0.2, 0) is 4.74 Å². The zero-order chi connectivity index (χ0) is 19.3. The highest BCUT2D eigenvalue weighted by atomic mass is 32.1. The summed E-state index contributed by atoms with van der Waals surface area (Å²) in [6, 6.07) is 15.1. The van der Waals surface area contributed by atoms with E-state index < -0.39 is 0 Å². The van der Waals surface area contributed by atoms with Crippen LogP contribution in [0.3, 0.4) is 0 Å². The Kier molecular flexibility index (Phi) is 5.76. The van der Waals surface area contributed by atoms with E-state index >= 15 is 0 Å². The summed E-state index contributed by atoms with van der Waals surface area (Å²) in [6.07, 6.45) is 0. The summed E-state index contributed by atoms with van der Waals surface area (Å²) in [7, 11) is 0. The number of hydrogen-bond acceptors (Lipinski definition) is 6. The highest BCUT2D eigenvalue weighted by Gasteiger charge is 2.13. The molecule has 1 amide bonds. The van der Waals surface area contributed by atoms with Crippen molar-refractivity contribution in [3.8, 4) is 5.75 Å². The van der Waals surface area contributed by atoms with Gasteiger partial charge in [0.15, 0.2) is 0 Å². The highest BCUT2D eigenvalue weighted by Crippen LogP contribution is 2.30. The van der Waals surface area contributed by atoms with E-state index in [9.17, 15) is 4.79 Å². The van der Waals surface area contributed by atoms with Gasteiger partial charge in [0, 0.05) is 24.3 Å². The number of hydrogen-bond donors (Lipinski definition) is 2. The number of nitrogens with two attached hydrogens (primary N) is 1. The van der Waals surface area contributed by atoms with Crippen LogP contribution in [0.15, 0.2) is 48.5 Å². The van der Waals surface area contributed by atoms with Crippen molar-refractivity contribution in [3.05, 3.63) is 53.4 Å². The van der Waals surface area contributed by atoms with E-state index in [1.807, 2.05) is 36.4 Å². The number of anilines is 2. The van der Waals surface area contributed by atoms with Crippen LogP contribution >= 0.6 is 11.3 Å². The third-order valence-corrected chi connectivity index (χ3v) is 5.82. The number of nitrogens with one attached hydrogen (secondary N) is 1. The number of benzene rings is 2. The molecule has 1 aromatic heterocycles. The van der Waals surface area contributed by atoms with Gasteiger partial charge < -0.3 is 20.5 Å². The van der Waals surface area contributed by atoms with Crippen molar-refractivity contribution in [3.63, 3.8) is 0 Å². The van der Waals surface area contributed by atoms with E-state index in [0.29, 0.717) is 22.9 Å². The second kappa shape index (κ2) is 8.60. The van der Waals surface area contributed by atoms with Gasteiger partial charge in [-0.25, -0.2) is 0 Å². The number of para-hydroxylation sites is 2. The molecule has 146 valence electrons. The number of thiophene rings is 1. The largest absolute Gasteiger partial charge is 0.492 e. The summed E-state index contributed by atoms with van der Waals surface area (Å²) in [6.45, 7) is 5.02. The van der Waals surface area contributed by atoms with Crippen molar-refractivity contribution in [1.82, 2.24) is 4.90 Å². The van der Waals surface area contributed by atoms with Gasteiger partial charge in [-0.05, 0) is 41.8 Å². The van der Waals surface area contributed by atoms with Gasteiger partial charge in [-0.15, -0.1) is 11.3 Å². The fourth-order valence-electron chi connectivity index (χ4n) is 3.14. The van der Waals surface area contributed by atoms with Gasteiger partial charge in [0.05, 0.1) is 29.5 Å². The Bertz CT molecular complexity index is 966. The van der Waals surface area contributed by atoms with Gasteiger partial charge in [-0.2, -0.15) is 0 Å². The monoisotopic (exact) mass is 397 g/mol. The summed E-state index contributed by atoms with van der Waals surface area (Å²) in [5.41, 5.74) is 7.08. The molecule has 3 aromatic rings. The third-order valence-electron chi connectivity index (χ3n) is 4.70. The lowest BCUT2D eigenvalue weighted by Gasteiger charge is -2.26. The number of carbonyl (C=O) groups is 1. The molecule has 0 spiro atoms. The second-order valence-electron chi connectivity index (χ2n) is 6.65. The van der Waals surface area contributed by atoms with E-state index in [1.54, 1.807) is 12.1 Å². The van der Waals surface area contributed by atoms with Crippen molar-refractivity contribution in [2.75, 3.05) is 50.5 Å². The van der Waals surface area contributed by atoms with Crippen LogP contribution in [0.5, 0.6) is 5.75 Å². The number of rotatable bonds is 6. The lowest BCUT2D eigenvalue weighted by Crippen LogP contribution is -2.38. The van der Waals surface area contributed by atoms with Gasteiger partial charge in [-0.1, -0.05) is 12.1 Å². The van der Waals surface area contributed by atoms with E-state index in [4.69, 9.17) is 15.2 Å². The third kappa shape index (κ3) is 4.44.